The molecule has 0 aliphatic carbocycles. The van der Waals surface area contributed by atoms with E-state index in [9.17, 15) is 15.0 Å². The Bertz CT molecular complexity index is 449. The van der Waals surface area contributed by atoms with Crippen LogP contribution in [-0.4, -0.2) is 54.5 Å². The molecule has 1 rings (SSSR count). The van der Waals surface area contributed by atoms with Crippen molar-refractivity contribution in [2.24, 2.45) is 5.92 Å². The maximum Gasteiger partial charge on any atom is 0.308 e. The molecule has 0 amide bonds. The van der Waals surface area contributed by atoms with Gasteiger partial charge in [-0.25, -0.2) is 9.78 Å². The fraction of sp³-hybridized carbons (Fsp3) is 0.833. The van der Waals surface area contributed by atoms with Crippen molar-refractivity contribution < 1.29 is 34.3 Å². The molecule has 146 valence electrons. The Hall–Kier alpha value is -0.990. The number of methoxy groups -OCH3 is 2. The second-order valence-corrected chi connectivity index (χ2v) is 6.84. The average Bonchev–Trinajstić information content (AvgIpc) is 2.56. The van der Waals surface area contributed by atoms with E-state index < -0.39 is 18.0 Å². The molecule has 7 heteroatoms. The molecule has 1 heterocycles. The third-order valence-corrected chi connectivity index (χ3v) is 4.73. The smallest absolute Gasteiger partial charge is 0.308 e. The highest BCUT2D eigenvalue weighted by Gasteiger charge is 2.42. The second-order valence-electron chi connectivity index (χ2n) is 6.84. The molecular weight excluding hydrogens is 328 g/mol. The van der Waals surface area contributed by atoms with E-state index in [0.717, 1.165) is 5.57 Å². The molecule has 0 aromatic rings. The van der Waals surface area contributed by atoms with Gasteiger partial charge in [-0.15, -0.1) is 0 Å². The van der Waals surface area contributed by atoms with Crippen LogP contribution in [0.1, 0.15) is 52.9 Å². The summed E-state index contributed by atoms with van der Waals surface area (Å²) in [6, 6.07) is 0. The third kappa shape index (κ3) is 7.03. The van der Waals surface area contributed by atoms with Crippen LogP contribution in [0.25, 0.3) is 0 Å². The summed E-state index contributed by atoms with van der Waals surface area (Å²) in [6.07, 6.45) is 2.57. The highest BCUT2D eigenvalue weighted by molar-refractivity contribution is 5.69. The minimum absolute atomic E-state index is 0.0649. The van der Waals surface area contributed by atoms with Crippen LogP contribution in [0.3, 0.4) is 0 Å². The first kappa shape index (κ1) is 22.1. The summed E-state index contributed by atoms with van der Waals surface area (Å²) in [7, 11) is 2.90. The number of rotatable bonds is 9. The van der Waals surface area contributed by atoms with Crippen LogP contribution >= 0.6 is 0 Å². The number of esters is 1. The molecule has 0 spiro atoms. The monoisotopic (exact) mass is 360 g/mol. The van der Waals surface area contributed by atoms with Gasteiger partial charge >= 0.3 is 5.97 Å². The molecule has 0 aromatic carbocycles. The molecule has 1 fully saturated rings. The number of ether oxygens (including phenoxy) is 2. The van der Waals surface area contributed by atoms with Crippen molar-refractivity contribution in [2.75, 3.05) is 14.2 Å². The minimum atomic E-state index is -0.880. The Morgan fingerprint density at radius 3 is 2.60 bits per heavy atom. The number of carbonyl (C=O) groups excluding carboxylic acids is 1. The molecule has 5 atom stereocenters. The molecule has 1 aliphatic rings. The lowest BCUT2D eigenvalue weighted by Crippen LogP contribution is -2.46. The van der Waals surface area contributed by atoms with Crippen LogP contribution in [0, 0.1) is 5.92 Å². The quantitative estimate of drug-likeness (QED) is 0.369. The van der Waals surface area contributed by atoms with E-state index in [1.54, 1.807) is 27.0 Å². The molecule has 0 radical (unpaired) electrons. The summed E-state index contributed by atoms with van der Waals surface area (Å²) in [5.74, 6) is -1.15. The van der Waals surface area contributed by atoms with Crippen LogP contribution in [0.2, 0.25) is 0 Å². The highest BCUT2D eigenvalue weighted by atomic mass is 17.2. The van der Waals surface area contributed by atoms with Crippen molar-refractivity contribution in [3.05, 3.63) is 11.6 Å². The summed E-state index contributed by atoms with van der Waals surface area (Å²) in [6.45, 7) is 5.43. The molecule has 0 aromatic heterocycles. The fourth-order valence-electron chi connectivity index (χ4n) is 2.85. The van der Waals surface area contributed by atoms with Gasteiger partial charge in [-0.2, -0.15) is 0 Å². The largest absolute Gasteiger partial charge is 0.469 e. The first-order valence-electron chi connectivity index (χ1n) is 8.74. The second kappa shape index (κ2) is 10.2. The minimum Gasteiger partial charge on any atom is -0.469 e. The van der Waals surface area contributed by atoms with Crippen LogP contribution in [-0.2, 0) is 24.0 Å². The van der Waals surface area contributed by atoms with Gasteiger partial charge in [-0.1, -0.05) is 13.0 Å². The molecule has 0 unspecified atom stereocenters. The van der Waals surface area contributed by atoms with Gasteiger partial charge in [0.2, 0.25) is 5.79 Å². The topological polar surface area (TPSA) is 94.5 Å². The van der Waals surface area contributed by atoms with Gasteiger partial charge in [0, 0.05) is 20.0 Å². The Kier molecular flexibility index (Phi) is 9.02. The zero-order chi connectivity index (χ0) is 19.0. The van der Waals surface area contributed by atoms with Crippen molar-refractivity contribution in [2.45, 2.75) is 77.0 Å². The number of aliphatic hydroxyl groups excluding tert-OH is 2. The van der Waals surface area contributed by atoms with E-state index in [0.29, 0.717) is 25.7 Å². The van der Waals surface area contributed by atoms with E-state index in [-0.39, 0.29) is 24.4 Å². The molecule has 1 saturated heterocycles. The van der Waals surface area contributed by atoms with Gasteiger partial charge in [0.05, 0.1) is 25.7 Å². The summed E-state index contributed by atoms with van der Waals surface area (Å²) < 4.78 is 10.2. The molecule has 2 N–H and O–H groups in total. The predicted molar refractivity (Wildman–Crippen MR) is 91.4 cm³/mol. The lowest BCUT2D eigenvalue weighted by atomic mass is 9.89. The summed E-state index contributed by atoms with van der Waals surface area (Å²) in [5.41, 5.74) is 0.741. The Balaban J connectivity index is 2.51. The number of hydrogen-bond acceptors (Lipinski definition) is 7. The fourth-order valence-corrected chi connectivity index (χ4v) is 2.85. The van der Waals surface area contributed by atoms with Crippen molar-refractivity contribution in [1.82, 2.24) is 0 Å². The Morgan fingerprint density at radius 1 is 1.40 bits per heavy atom. The van der Waals surface area contributed by atoms with E-state index in [1.807, 2.05) is 6.92 Å². The third-order valence-electron chi connectivity index (χ3n) is 4.73. The van der Waals surface area contributed by atoms with Crippen LogP contribution < -0.4 is 0 Å². The number of aliphatic hydroxyl groups is 2. The van der Waals surface area contributed by atoms with Crippen LogP contribution in [0.5, 0.6) is 0 Å². The van der Waals surface area contributed by atoms with Gasteiger partial charge < -0.3 is 19.7 Å². The van der Waals surface area contributed by atoms with E-state index in [2.05, 4.69) is 4.74 Å². The number of hydrogen-bond donors (Lipinski definition) is 2. The SMILES string of the molecule is COC(=O)C[C@@H]1OO[C@@](CCC[C@H](O)/C=C(\C)[C@H](C)O)(OC)C[C@@H]1C. The molecule has 1 aliphatic heterocycles. The maximum absolute atomic E-state index is 11.4. The molecule has 0 saturated carbocycles. The van der Waals surface area contributed by atoms with Crippen molar-refractivity contribution >= 4 is 5.97 Å². The van der Waals surface area contributed by atoms with Crippen LogP contribution in [0.4, 0.5) is 0 Å². The zero-order valence-electron chi connectivity index (χ0n) is 15.9. The lowest BCUT2D eigenvalue weighted by Gasteiger charge is -2.40. The molecule has 7 nitrogen and oxygen atoms in total. The molecule has 0 bridgehead atoms. The lowest BCUT2D eigenvalue weighted by molar-refractivity contribution is -0.475. The van der Waals surface area contributed by atoms with E-state index in [1.165, 1.54) is 7.11 Å². The molecular formula is C18H32O7. The standard InChI is InChI=1S/C18H32O7/c1-12(14(3)19)9-15(20)7-6-8-18(23-5)11-13(2)16(24-25-18)10-17(21)22-4/h9,13-16,19-20H,6-8,10-11H2,1-5H3/b12-9+/t13-,14-,15-,16-,18+/m0/s1. The van der Waals surface area contributed by atoms with Gasteiger partial charge in [-0.05, 0) is 38.2 Å². The summed E-state index contributed by atoms with van der Waals surface area (Å²) >= 11 is 0. The van der Waals surface area contributed by atoms with Gasteiger partial charge in [0.15, 0.2) is 0 Å². The number of carbonyl (C=O) groups is 1. The van der Waals surface area contributed by atoms with Gasteiger partial charge in [0.1, 0.15) is 6.10 Å². The summed E-state index contributed by atoms with van der Waals surface area (Å²) in [5, 5.41) is 19.5. The van der Waals surface area contributed by atoms with Gasteiger partial charge in [-0.3, -0.25) is 4.79 Å². The van der Waals surface area contributed by atoms with Crippen molar-refractivity contribution in [3.8, 4) is 0 Å². The summed E-state index contributed by atoms with van der Waals surface area (Å²) in [4.78, 5) is 22.3. The van der Waals surface area contributed by atoms with Crippen molar-refractivity contribution in [1.29, 1.82) is 0 Å². The Labute approximate surface area is 149 Å². The van der Waals surface area contributed by atoms with Crippen molar-refractivity contribution in [3.63, 3.8) is 0 Å². The predicted octanol–water partition coefficient (Wildman–Crippen LogP) is 2.11. The molecule has 25 heavy (non-hydrogen) atoms. The normalized spacial score (nSPS) is 30.0. The first-order chi connectivity index (χ1) is 11.7. The first-order valence-corrected chi connectivity index (χ1v) is 8.74. The highest BCUT2D eigenvalue weighted by Crippen LogP contribution is 2.36. The maximum atomic E-state index is 11.4. The Morgan fingerprint density at radius 2 is 2.08 bits per heavy atom. The average molecular weight is 360 g/mol. The zero-order valence-corrected chi connectivity index (χ0v) is 15.9. The van der Waals surface area contributed by atoms with Crippen LogP contribution in [0.15, 0.2) is 11.6 Å². The van der Waals surface area contributed by atoms with Gasteiger partial charge in [0.25, 0.3) is 0 Å². The van der Waals surface area contributed by atoms with E-state index >= 15 is 0 Å². The van der Waals surface area contributed by atoms with E-state index in [4.69, 9.17) is 14.5 Å².